The van der Waals surface area contributed by atoms with Crippen LogP contribution in [0.5, 0.6) is 0 Å². The molecule has 6 nitrogen and oxygen atoms in total. The summed E-state index contributed by atoms with van der Waals surface area (Å²) in [5.74, 6) is -2.44. The molecule has 0 spiro atoms. The standard InChI is InChI=1S/C20H25NO5S/c1-2-26-20(25)16-12-4-3-5-13(12)27-18(16)21-17(22)14-10-6-8-11(9-7-10)15(14)19(23)24/h10-11,14-15H,2-9H2,1H3,(H,21,22)(H,23,24). The maximum absolute atomic E-state index is 13.1. The van der Waals surface area contributed by atoms with Gasteiger partial charge >= 0.3 is 11.9 Å². The molecular formula is C20H25NO5S. The molecule has 0 aromatic carbocycles. The molecule has 3 saturated carbocycles. The van der Waals surface area contributed by atoms with Crippen molar-refractivity contribution in [3.8, 4) is 0 Å². The number of ether oxygens (including phenoxy) is 1. The lowest BCUT2D eigenvalue weighted by atomic mass is 9.58. The first kappa shape index (κ1) is 18.5. The number of carboxylic acid groups (broad SMARTS) is 1. The maximum atomic E-state index is 13.1. The molecule has 1 heterocycles. The first-order valence-electron chi connectivity index (χ1n) is 9.86. The highest BCUT2D eigenvalue weighted by molar-refractivity contribution is 7.17. The van der Waals surface area contributed by atoms with Gasteiger partial charge in [-0.1, -0.05) is 0 Å². The first-order valence-corrected chi connectivity index (χ1v) is 10.7. The van der Waals surface area contributed by atoms with Gasteiger partial charge in [0.2, 0.25) is 5.91 Å². The van der Waals surface area contributed by atoms with E-state index in [0.29, 0.717) is 10.6 Å². The van der Waals surface area contributed by atoms with Crippen molar-refractivity contribution < 1.29 is 24.2 Å². The lowest BCUT2D eigenvalue weighted by molar-refractivity contribution is -0.156. The highest BCUT2D eigenvalue weighted by Crippen LogP contribution is 2.50. The number of esters is 1. The lowest BCUT2D eigenvalue weighted by Crippen LogP contribution is -2.49. The largest absolute Gasteiger partial charge is 0.481 e. The molecule has 2 bridgehead atoms. The van der Waals surface area contributed by atoms with Crippen molar-refractivity contribution in [2.75, 3.05) is 11.9 Å². The predicted molar refractivity (Wildman–Crippen MR) is 101 cm³/mol. The second-order valence-corrected chi connectivity index (χ2v) is 8.94. The molecule has 2 atom stereocenters. The second kappa shape index (κ2) is 7.26. The Morgan fingerprint density at radius 3 is 2.41 bits per heavy atom. The van der Waals surface area contributed by atoms with E-state index in [1.807, 2.05) is 0 Å². The Balaban J connectivity index is 1.61. The van der Waals surface area contributed by atoms with Crippen molar-refractivity contribution >= 4 is 34.2 Å². The van der Waals surface area contributed by atoms with Crippen LogP contribution in [-0.2, 0) is 27.2 Å². The third kappa shape index (κ3) is 3.16. The number of fused-ring (bicyclic) bond motifs is 4. The fraction of sp³-hybridized carbons (Fsp3) is 0.650. The van der Waals surface area contributed by atoms with E-state index >= 15 is 0 Å². The number of rotatable bonds is 5. The summed E-state index contributed by atoms with van der Waals surface area (Å²) in [4.78, 5) is 38.6. The van der Waals surface area contributed by atoms with Crippen LogP contribution in [-0.4, -0.2) is 29.6 Å². The van der Waals surface area contributed by atoms with Crippen molar-refractivity contribution in [3.63, 3.8) is 0 Å². The first-order chi connectivity index (χ1) is 13.0. The van der Waals surface area contributed by atoms with Gasteiger partial charge in [-0.05, 0) is 69.3 Å². The molecule has 27 heavy (non-hydrogen) atoms. The lowest BCUT2D eigenvalue weighted by Gasteiger charge is -2.45. The Morgan fingerprint density at radius 2 is 1.78 bits per heavy atom. The smallest absolute Gasteiger partial charge is 0.341 e. The molecule has 0 saturated heterocycles. The van der Waals surface area contributed by atoms with Crippen molar-refractivity contribution in [2.24, 2.45) is 23.7 Å². The molecule has 1 aromatic rings. The van der Waals surface area contributed by atoms with E-state index in [4.69, 9.17) is 4.74 Å². The Kier molecular flexibility index (Phi) is 4.97. The van der Waals surface area contributed by atoms with Gasteiger partial charge in [-0.3, -0.25) is 9.59 Å². The number of carbonyl (C=O) groups excluding carboxylic acids is 2. The number of anilines is 1. The highest BCUT2D eigenvalue weighted by Gasteiger charge is 2.50. The second-order valence-electron chi connectivity index (χ2n) is 7.84. The van der Waals surface area contributed by atoms with Crippen molar-refractivity contribution in [1.29, 1.82) is 0 Å². The average molecular weight is 391 g/mol. The third-order valence-electron chi connectivity index (χ3n) is 6.44. The van der Waals surface area contributed by atoms with Gasteiger partial charge in [-0.25, -0.2) is 4.79 Å². The Bertz CT molecular complexity index is 778. The summed E-state index contributed by atoms with van der Waals surface area (Å²) in [5, 5.41) is 13.2. The van der Waals surface area contributed by atoms with E-state index in [0.717, 1.165) is 55.4 Å². The zero-order chi connectivity index (χ0) is 19.1. The highest BCUT2D eigenvalue weighted by atomic mass is 32.1. The summed E-state index contributed by atoms with van der Waals surface area (Å²) in [5.41, 5.74) is 1.48. The van der Waals surface area contributed by atoms with Gasteiger partial charge in [-0.15, -0.1) is 11.3 Å². The van der Waals surface area contributed by atoms with Gasteiger partial charge in [0, 0.05) is 4.88 Å². The molecule has 4 aliphatic rings. The van der Waals surface area contributed by atoms with Crippen LogP contribution >= 0.6 is 11.3 Å². The normalized spacial score (nSPS) is 28.6. The minimum atomic E-state index is -0.871. The van der Waals surface area contributed by atoms with Crippen LogP contribution in [0.2, 0.25) is 0 Å². The van der Waals surface area contributed by atoms with Gasteiger partial charge in [-0.2, -0.15) is 0 Å². The number of carbonyl (C=O) groups is 3. The monoisotopic (exact) mass is 391 g/mol. The van der Waals surface area contributed by atoms with E-state index in [2.05, 4.69) is 5.32 Å². The van der Waals surface area contributed by atoms with E-state index in [1.165, 1.54) is 11.3 Å². The minimum Gasteiger partial charge on any atom is -0.481 e. The molecule has 2 unspecified atom stereocenters. The zero-order valence-corrected chi connectivity index (χ0v) is 16.3. The van der Waals surface area contributed by atoms with E-state index in [9.17, 15) is 19.5 Å². The number of aliphatic carboxylic acids is 1. The fourth-order valence-electron chi connectivity index (χ4n) is 5.29. The Hall–Kier alpha value is -1.89. The molecule has 4 aliphatic carbocycles. The molecule has 146 valence electrons. The number of thiophene rings is 1. The molecule has 3 fully saturated rings. The van der Waals surface area contributed by atoms with Crippen LogP contribution in [0.3, 0.4) is 0 Å². The van der Waals surface area contributed by atoms with Crippen LogP contribution in [0, 0.1) is 23.7 Å². The maximum Gasteiger partial charge on any atom is 0.341 e. The summed E-state index contributed by atoms with van der Waals surface area (Å²) in [6, 6.07) is 0. The number of aryl methyl sites for hydroxylation is 1. The number of hydrogen-bond acceptors (Lipinski definition) is 5. The van der Waals surface area contributed by atoms with Crippen molar-refractivity contribution in [1.82, 2.24) is 0 Å². The molecule has 0 radical (unpaired) electrons. The van der Waals surface area contributed by atoms with Gasteiger partial charge in [0.15, 0.2) is 0 Å². The summed E-state index contributed by atoms with van der Waals surface area (Å²) >= 11 is 1.44. The van der Waals surface area contributed by atoms with E-state index in [1.54, 1.807) is 6.92 Å². The van der Waals surface area contributed by atoms with Gasteiger partial charge in [0.25, 0.3) is 0 Å². The minimum absolute atomic E-state index is 0.0844. The van der Waals surface area contributed by atoms with Gasteiger partial charge in [0.1, 0.15) is 5.00 Å². The van der Waals surface area contributed by atoms with Crippen molar-refractivity contribution in [3.05, 3.63) is 16.0 Å². The molecule has 7 heteroatoms. The zero-order valence-electron chi connectivity index (χ0n) is 15.5. The Morgan fingerprint density at radius 1 is 1.11 bits per heavy atom. The Labute approximate surface area is 162 Å². The fourth-order valence-corrected chi connectivity index (χ4v) is 6.57. The van der Waals surface area contributed by atoms with Gasteiger partial charge < -0.3 is 15.2 Å². The van der Waals surface area contributed by atoms with Crippen LogP contribution in [0.1, 0.15) is 59.8 Å². The molecule has 5 rings (SSSR count). The molecule has 2 N–H and O–H groups in total. The quantitative estimate of drug-likeness (QED) is 0.750. The van der Waals surface area contributed by atoms with Crippen LogP contribution in [0.25, 0.3) is 0 Å². The average Bonchev–Trinajstić information content (AvgIpc) is 3.22. The third-order valence-corrected chi connectivity index (χ3v) is 7.65. The molecule has 0 aliphatic heterocycles. The molecule has 1 amide bonds. The van der Waals surface area contributed by atoms with Gasteiger partial charge in [0.05, 0.1) is 24.0 Å². The number of nitrogens with one attached hydrogen (secondary N) is 1. The summed E-state index contributed by atoms with van der Waals surface area (Å²) in [6.45, 7) is 2.04. The SMILES string of the molecule is CCOC(=O)c1c(NC(=O)C2C3CCC(CC3)C2C(=O)O)sc2c1CCC2. The van der Waals surface area contributed by atoms with Crippen LogP contribution in [0.4, 0.5) is 5.00 Å². The van der Waals surface area contributed by atoms with Crippen LogP contribution < -0.4 is 5.32 Å². The summed E-state index contributed by atoms with van der Waals surface area (Å²) in [6.07, 6.45) is 6.36. The molecular weight excluding hydrogens is 366 g/mol. The predicted octanol–water partition coefficient (Wildman–Crippen LogP) is 3.49. The molecule has 1 aromatic heterocycles. The number of carboxylic acids is 1. The van der Waals surface area contributed by atoms with E-state index < -0.39 is 23.8 Å². The van der Waals surface area contributed by atoms with Crippen molar-refractivity contribution in [2.45, 2.75) is 51.9 Å². The van der Waals surface area contributed by atoms with E-state index in [-0.39, 0.29) is 24.3 Å². The number of amides is 1. The topological polar surface area (TPSA) is 92.7 Å². The summed E-state index contributed by atoms with van der Waals surface area (Å²) in [7, 11) is 0. The van der Waals surface area contributed by atoms with Crippen LogP contribution in [0.15, 0.2) is 0 Å². The number of hydrogen-bond donors (Lipinski definition) is 2. The summed E-state index contributed by atoms with van der Waals surface area (Å²) < 4.78 is 5.21.